The van der Waals surface area contributed by atoms with Crippen molar-refractivity contribution in [2.45, 2.75) is 40.3 Å². The van der Waals surface area contributed by atoms with E-state index in [1.54, 1.807) is 7.11 Å². The maximum atomic E-state index is 5.94. The molecule has 0 bridgehead atoms. The van der Waals surface area contributed by atoms with E-state index in [0.717, 1.165) is 30.2 Å². The van der Waals surface area contributed by atoms with Crippen LogP contribution in [0.25, 0.3) is 0 Å². The molecule has 0 aliphatic carbocycles. The van der Waals surface area contributed by atoms with Gasteiger partial charge in [-0.15, -0.1) is 0 Å². The molecule has 1 N–H and O–H groups in total. The Balaban J connectivity index is 2.80. The molecular formula is C17H29NO3. The van der Waals surface area contributed by atoms with Gasteiger partial charge in [-0.2, -0.15) is 0 Å². The average molecular weight is 295 g/mol. The van der Waals surface area contributed by atoms with Gasteiger partial charge in [0.2, 0.25) is 0 Å². The summed E-state index contributed by atoms with van der Waals surface area (Å²) in [6.07, 6.45) is 0.0520. The number of rotatable bonds is 10. The summed E-state index contributed by atoms with van der Waals surface area (Å²) in [6.45, 7) is 11.2. The van der Waals surface area contributed by atoms with Crippen molar-refractivity contribution in [3.05, 3.63) is 23.8 Å². The van der Waals surface area contributed by atoms with Crippen LogP contribution in [0.4, 0.5) is 0 Å². The third kappa shape index (κ3) is 6.36. The highest BCUT2D eigenvalue weighted by atomic mass is 16.5. The fraction of sp³-hybridized carbons (Fsp3) is 0.647. The van der Waals surface area contributed by atoms with E-state index in [4.69, 9.17) is 14.2 Å². The van der Waals surface area contributed by atoms with Gasteiger partial charge in [-0.25, -0.2) is 0 Å². The number of methoxy groups -OCH3 is 1. The number of hydrogen-bond acceptors (Lipinski definition) is 4. The normalized spacial score (nSPS) is 12.5. The van der Waals surface area contributed by atoms with Crippen molar-refractivity contribution < 1.29 is 14.2 Å². The van der Waals surface area contributed by atoms with E-state index in [2.05, 4.69) is 25.2 Å². The fourth-order valence-electron chi connectivity index (χ4n) is 1.90. The third-order valence-corrected chi connectivity index (χ3v) is 3.09. The molecule has 0 spiro atoms. The topological polar surface area (TPSA) is 39.7 Å². The lowest BCUT2D eigenvalue weighted by molar-refractivity contribution is 0.0699. The van der Waals surface area contributed by atoms with Gasteiger partial charge < -0.3 is 19.5 Å². The maximum absolute atomic E-state index is 5.94. The Morgan fingerprint density at radius 2 is 1.90 bits per heavy atom. The van der Waals surface area contributed by atoms with E-state index in [0.29, 0.717) is 19.1 Å². The fourth-order valence-corrected chi connectivity index (χ4v) is 1.90. The summed E-state index contributed by atoms with van der Waals surface area (Å²) in [5.74, 6) is 2.24. The minimum atomic E-state index is 0.0520. The number of para-hydroxylation sites is 1. The van der Waals surface area contributed by atoms with Gasteiger partial charge in [0.15, 0.2) is 11.5 Å². The lowest BCUT2D eigenvalue weighted by Crippen LogP contribution is -2.21. The summed E-state index contributed by atoms with van der Waals surface area (Å²) in [4.78, 5) is 0. The van der Waals surface area contributed by atoms with E-state index < -0.39 is 0 Å². The lowest BCUT2D eigenvalue weighted by atomic mass is 10.1. The van der Waals surface area contributed by atoms with E-state index in [9.17, 15) is 0 Å². The van der Waals surface area contributed by atoms with Crippen LogP contribution in [-0.2, 0) is 11.3 Å². The summed E-state index contributed by atoms with van der Waals surface area (Å²) in [7, 11) is 1.69. The van der Waals surface area contributed by atoms with Crippen molar-refractivity contribution in [1.29, 1.82) is 0 Å². The minimum absolute atomic E-state index is 0.0520. The Morgan fingerprint density at radius 3 is 2.52 bits per heavy atom. The lowest BCUT2D eigenvalue weighted by Gasteiger charge is -2.18. The van der Waals surface area contributed by atoms with Gasteiger partial charge in [-0.1, -0.05) is 26.0 Å². The van der Waals surface area contributed by atoms with Gasteiger partial charge in [0, 0.05) is 19.2 Å². The number of ether oxygens (including phenoxy) is 3. The second-order valence-electron chi connectivity index (χ2n) is 5.56. The van der Waals surface area contributed by atoms with Crippen molar-refractivity contribution in [3.8, 4) is 11.5 Å². The van der Waals surface area contributed by atoms with Crippen molar-refractivity contribution in [3.63, 3.8) is 0 Å². The highest BCUT2D eigenvalue weighted by molar-refractivity contribution is 5.46. The average Bonchev–Trinajstić information content (AvgIpc) is 2.46. The van der Waals surface area contributed by atoms with Crippen molar-refractivity contribution in [2.75, 3.05) is 26.9 Å². The highest BCUT2D eigenvalue weighted by Gasteiger charge is 2.12. The predicted octanol–water partition coefficient (Wildman–Crippen LogP) is 3.24. The van der Waals surface area contributed by atoms with Gasteiger partial charge >= 0.3 is 0 Å². The number of hydrogen-bond donors (Lipinski definition) is 1. The molecule has 0 aliphatic rings. The first-order valence-corrected chi connectivity index (χ1v) is 7.69. The standard InChI is InChI=1S/C17H29NO3/c1-6-20-16-9-7-8-15(11-18-10-13(2)3)17(16)21-12-14(4)19-5/h7-9,13-14,18H,6,10-12H2,1-5H3. The zero-order valence-corrected chi connectivity index (χ0v) is 13.9. The van der Waals surface area contributed by atoms with Crippen molar-refractivity contribution in [1.82, 2.24) is 5.32 Å². The van der Waals surface area contributed by atoms with Gasteiger partial charge in [0.25, 0.3) is 0 Å². The van der Waals surface area contributed by atoms with Crippen LogP contribution >= 0.6 is 0 Å². The van der Waals surface area contributed by atoms with Crippen LogP contribution in [0, 0.1) is 5.92 Å². The van der Waals surface area contributed by atoms with Crippen LogP contribution in [0.5, 0.6) is 11.5 Å². The number of benzene rings is 1. The van der Waals surface area contributed by atoms with E-state index >= 15 is 0 Å². The summed E-state index contributed by atoms with van der Waals surface area (Å²) in [6, 6.07) is 6.02. The molecule has 1 unspecified atom stereocenters. The first-order chi connectivity index (χ1) is 10.1. The zero-order chi connectivity index (χ0) is 15.7. The van der Waals surface area contributed by atoms with Crippen LogP contribution in [0.2, 0.25) is 0 Å². The minimum Gasteiger partial charge on any atom is -0.490 e. The monoisotopic (exact) mass is 295 g/mol. The summed E-state index contributed by atoms with van der Waals surface area (Å²) in [5.41, 5.74) is 1.12. The Labute approximate surface area is 128 Å². The zero-order valence-electron chi connectivity index (χ0n) is 13.9. The van der Waals surface area contributed by atoms with E-state index in [1.807, 2.05) is 26.0 Å². The van der Waals surface area contributed by atoms with Crippen LogP contribution in [-0.4, -0.2) is 33.0 Å². The molecule has 1 aromatic rings. The molecule has 0 aliphatic heterocycles. The van der Waals surface area contributed by atoms with Crippen LogP contribution in [0.3, 0.4) is 0 Å². The Kier molecular flexibility index (Phi) is 8.16. The highest BCUT2D eigenvalue weighted by Crippen LogP contribution is 2.31. The molecule has 120 valence electrons. The Morgan fingerprint density at radius 1 is 1.14 bits per heavy atom. The van der Waals surface area contributed by atoms with Crippen LogP contribution < -0.4 is 14.8 Å². The van der Waals surface area contributed by atoms with E-state index in [1.165, 1.54) is 0 Å². The molecule has 0 amide bonds. The van der Waals surface area contributed by atoms with Crippen LogP contribution in [0.1, 0.15) is 33.3 Å². The summed E-state index contributed by atoms with van der Waals surface area (Å²) in [5, 5.41) is 3.45. The Hall–Kier alpha value is -1.26. The third-order valence-electron chi connectivity index (χ3n) is 3.09. The molecule has 0 fully saturated rings. The molecule has 0 aromatic heterocycles. The second-order valence-corrected chi connectivity index (χ2v) is 5.56. The molecule has 0 saturated carbocycles. The molecule has 1 aromatic carbocycles. The molecule has 1 atom stereocenters. The molecule has 21 heavy (non-hydrogen) atoms. The van der Waals surface area contributed by atoms with Gasteiger partial charge in [0.05, 0.1) is 12.7 Å². The summed E-state index contributed by atoms with van der Waals surface area (Å²) >= 11 is 0. The van der Waals surface area contributed by atoms with Crippen molar-refractivity contribution in [2.24, 2.45) is 5.92 Å². The molecular weight excluding hydrogens is 266 g/mol. The quantitative estimate of drug-likeness (QED) is 0.719. The SMILES string of the molecule is CCOc1cccc(CNCC(C)C)c1OCC(C)OC. The largest absolute Gasteiger partial charge is 0.490 e. The first kappa shape index (κ1) is 17.8. The second kappa shape index (κ2) is 9.64. The molecule has 1 rings (SSSR count). The molecule has 0 saturated heterocycles. The Bertz CT molecular complexity index is 407. The van der Waals surface area contributed by atoms with Crippen LogP contribution in [0.15, 0.2) is 18.2 Å². The summed E-state index contributed by atoms with van der Waals surface area (Å²) < 4.78 is 16.9. The maximum Gasteiger partial charge on any atom is 0.165 e. The van der Waals surface area contributed by atoms with Gasteiger partial charge in [-0.3, -0.25) is 0 Å². The molecule has 4 nitrogen and oxygen atoms in total. The van der Waals surface area contributed by atoms with Gasteiger partial charge in [-0.05, 0) is 32.4 Å². The van der Waals surface area contributed by atoms with E-state index in [-0.39, 0.29) is 6.10 Å². The van der Waals surface area contributed by atoms with Crippen molar-refractivity contribution >= 4 is 0 Å². The smallest absolute Gasteiger partial charge is 0.165 e. The molecule has 0 heterocycles. The molecule has 0 radical (unpaired) electrons. The predicted molar refractivity (Wildman–Crippen MR) is 86.1 cm³/mol. The first-order valence-electron chi connectivity index (χ1n) is 7.69. The van der Waals surface area contributed by atoms with Gasteiger partial charge in [0.1, 0.15) is 6.61 Å². The molecule has 4 heteroatoms. The number of nitrogens with one attached hydrogen (secondary N) is 1.